The Hall–Kier alpha value is -0.380. The molecule has 1 aromatic heterocycles. The van der Waals surface area contributed by atoms with Crippen LogP contribution >= 0.6 is 11.3 Å². The summed E-state index contributed by atoms with van der Waals surface area (Å²) in [5, 5.41) is 12.6. The minimum Gasteiger partial charge on any atom is -0.394 e. The average Bonchev–Trinajstić information content (AvgIpc) is 2.73. The van der Waals surface area contributed by atoms with Crippen molar-refractivity contribution in [3.63, 3.8) is 0 Å². The molecule has 0 amide bonds. The van der Waals surface area contributed by atoms with Gasteiger partial charge in [0, 0.05) is 27.8 Å². The molecular weight excluding hydrogens is 194 g/mol. The van der Waals surface area contributed by atoms with Gasteiger partial charge in [-0.1, -0.05) is 0 Å². The molecule has 2 N–H and O–H groups in total. The molecule has 1 aliphatic rings. The summed E-state index contributed by atoms with van der Waals surface area (Å²) in [6.45, 7) is 5.46. The van der Waals surface area contributed by atoms with E-state index in [1.807, 2.05) is 11.3 Å². The minimum absolute atomic E-state index is 0.0669. The number of aryl methyl sites for hydroxylation is 1. The number of nitrogens with one attached hydrogen (secondary N) is 1. The molecular formula is C11H17NOS. The number of rotatable bonds is 2. The van der Waals surface area contributed by atoms with Crippen LogP contribution in [0.5, 0.6) is 0 Å². The van der Waals surface area contributed by atoms with Crippen LogP contribution < -0.4 is 5.32 Å². The highest BCUT2D eigenvalue weighted by Crippen LogP contribution is 2.34. The summed E-state index contributed by atoms with van der Waals surface area (Å²) in [5.41, 5.74) is -0.0669. The van der Waals surface area contributed by atoms with Gasteiger partial charge in [0.05, 0.1) is 6.61 Å². The van der Waals surface area contributed by atoms with Gasteiger partial charge in [0.1, 0.15) is 0 Å². The smallest absolute Gasteiger partial charge is 0.0610 e. The molecule has 2 unspecified atom stereocenters. The van der Waals surface area contributed by atoms with Crippen LogP contribution in [0.25, 0.3) is 0 Å². The molecule has 2 rings (SSSR count). The van der Waals surface area contributed by atoms with Crippen molar-refractivity contribution in [3.8, 4) is 0 Å². The summed E-state index contributed by atoms with van der Waals surface area (Å²) >= 11 is 1.87. The fourth-order valence-electron chi connectivity index (χ4n) is 2.05. The van der Waals surface area contributed by atoms with E-state index in [1.165, 1.54) is 9.75 Å². The Morgan fingerprint density at radius 3 is 2.93 bits per heavy atom. The first-order valence-corrected chi connectivity index (χ1v) is 5.87. The van der Waals surface area contributed by atoms with Gasteiger partial charge >= 0.3 is 0 Å². The van der Waals surface area contributed by atoms with Gasteiger partial charge in [-0.05, 0) is 32.4 Å². The molecule has 2 heterocycles. The van der Waals surface area contributed by atoms with Gasteiger partial charge in [-0.15, -0.1) is 11.3 Å². The second kappa shape index (κ2) is 3.65. The zero-order valence-electron chi connectivity index (χ0n) is 8.71. The standard InChI is InChI=1S/C11H17NOS/c1-8-3-4-10(14-8)9-5-11(2,7-13)12-6-9/h3-4,9,12-13H,5-7H2,1-2H3. The maximum Gasteiger partial charge on any atom is 0.0610 e. The minimum atomic E-state index is -0.0669. The normalized spacial score (nSPS) is 32.4. The molecule has 1 aliphatic heterocycles. The lowest BCUT2D eigenvalue weighted by Crippen LogP contribution is -2.39. The molecule has 0 aromatic carbocycles. The fraction of sp³-hybridized carbons (Fsp3) is 0.636. The molecule has 1 saturated heterocycles. The number of hydrogen-bond acceptors (Lipinski definition) is 3. The molecule has 0 saturated carbocycles. The third kappa shape index (κ3) is 1.85. The number of thiophene rings is 1. The molecule has 3 heteroatoms. The van der Waals surface area contributed by atoms with E-state index in [1.54, 1.807) is 0 Å². The molecule has 1 fully saturated rings. The van der Waals surface area contributed by atoms with Crippen LogP contribution in [0.15, 0.2) is 12.1 Å². The summed E-state index contributed by atoms with van der Waals surface area (Å²) in [6, 6.07) is 4.39. The van der Waals surface area contributed by atoms with Crippen molar-refractivity contribution in [2.45, 2.75) is 31.7 Å². The molecule has 0 bridgehead atoms. The topological polar surface area (TPSA) is 32.3 Å². The van der Waals surface area contributed by atoms with Crippen LogP contribution in [-0.4, -0.2) is 23.8 Å². The van der Waals surface area contributed by atoms with Gasteiger partial charge in [-0.25, -0.2) is 0 Å². The maximum atomic E-state index is 9.24. The van der Waals surface area contributed by atoms with E-state index in [0.29, 0.717) is 5.92 Å². The van der Waals surface area contributed by atoms with Crippen LogP contribution in [0.3, 0.4) is 0 Å². The third-order valence-electron chi connectivity index (χ3n) is 2.98. The quantitative estimate of drug-likeness (QED) is 0.783. The lowest BCUT2D eigenvalue weighted by Gasteiger charge is -2.20. The first kappa shape index (κ1) is 10.1. The van der Waals surface area contributed by atoms with E-state index < -0.39 is 0 Å². The number of aliphatic hydroxyl groups is 1. The molecule has 2 atom stereocenters. The van der Waals surface area contributed by atoms with Crippen molar-refractivity contribution in [2.75, 3.05) is 13.2 Å². The van der Waals surface area contributed by atoms with Crippen LogP contribution in [0.2, 0.25) is 0 Å². The van der Waals surface area contributed by atoms with Crippen LogP contribution in [0.1, 0.15) is 29.0 Å². The summed E-state index contributed by atoms with van der Waals surface area (Å²) in [5.74, 6) is 0.589. The Balaban J connectivity index is 2.09. The fourth-order valence-corrected chi connectivity index (χ4v) is 3.03. The van der Waals surface area contributed by atoms with Crippen LogP contribution in [0.4, 0.5) is 0 Å². The van der Waals surface area contributed by atoms with Gasteiger partial charge in [-0.2, -0.15) is 0 Å². The predicted octanol–water partition coefficient (Wildman–Crippen LogP) is 1.88. The highest BCUT2D eigenvalue weighted by Gasteiger charge is 2.35. The number of aliphatic hydroxyl groups excluding tert-OH is 1. The van der Waals surface area contributed by atoms with Crippen molar-refractivity contribution in [1.29, 1.82) is 0 Å². The highest BCUT2D eigenvalue weighted by molar-refractivity contribution is 7.12. The Kier molecular flexibility index (Phi) is 2.64. The number of hydrogen-bond donors (Lipinski definition) is 2. The van der Waals surface area contributed by atoms with Crippen molar-refractivity contribution < 1.29 is 5.11 Å². The van der Waals surface area contributed by atoms with E-state index in [-0.39, 0.29) is 12.1 Å². The zero-order valence-corrected chi connectivity index (χ0v) is 9.53. The summed E-state index contributed by atoms with van der Waals surface area (Å²) in [6.07, 6.45) is 1.05. The van der Waals surface area contributed by atoms with E-state index >= 15 is 0 Å². The average molecular weight is 211 g/mol. The van der Waals surface area contributed by atoms with Crippen molar-refractivity contribution >= 4 is 11.3 Å². The van der Waals surface area contributed by atoms with Crippen molar-refractivity contribution in [2.24, 2.45) is 0 Å². The summed E-state index contributed by atoms with van der Waals surface area (Å²) < 4.78 is 0. The van der Waals surface area contributed by atoms with Gasteiger partial charge in [0.15, 0.2) is 0 Å². The Bertz CT molecular complexity index is 323. The second-order valence-electron chi connectivity index (χ2n) is 4.45. The second-order valence-corrected chi connectivity index (χ2v) is 5.77. The largest absolute Gasteiger partial charge is 0.394 e. The van der Waals surface area contributed by atoms with Gasteiger partial charge in [0.25, 0.3) is 0 Å². The zero-order chi connectivity index (χ0) is 10.2. The van der Waals surface area contributed by atoms with Gasteiger partial charge < -0.3 is 10.4 Å². The van der Waals surface area contributed by atoms with E-state index in [0.717, 1.165) is 13.0 Å². The van der Waals surface area contributed by atoms with Crippen molar-refractivity contribution in [3.05, 3.63) is 21.9 Å². The summed E-state index contributed by atoms with van der Waals surface area (Å²) in [4.78, 5) is 2.82. The monoisotopic (exact) mass is 211 g/mol. The Morgan fingerprint density at radius 1 is 1.64 bits per heavy atom. The van der Waals surface area contributed by atoms with Gasteiger partial charge in [-0.3, -0.25) is 0 Å². The summed E-state index contributed by atoms with van der Waals surface area (Å²) in [7, 11) is 0. The SMILES string of the molecule is Cc1ccc(C2CNC(C)(CO)C2)s1. The molecule has 0 radical (unpaired) electrons. The molecule has 1 aromatic rings. The van der Waals surface area contributed by atoms with Crippen LogP contribution in [-0.2, 0) is 0 Å². The molecule has 2 nitrogen and oxygen atoms in total. The molecule has 78 valence electrons. The van der Waals surface area contributed by atoms with Crippen LogP contribution in [0, 0.1) is 6.92 Å². The lowest BCUT2D eigenvalue weighted by atomic mass is 9.95. The molecule has 0 aliphatic carbocycles. The maximum absolute atomic E-state index is 9.24. The van der Waals surface area contributed by atoms with E-state index in [4.69, 9.17) is 0 Å². The highest BCUT2D eigenvalue weighted by atomic mass is 32.1. The third-order valence-corrected chi connectivity index (χ3v) is 4.15. The van der Waals surface area contributed by atoms with E-state index in [9.17, 15) is 5.11 Å². The predicted molar refractivity (Wildman–Crippen MR) is 59.9 cm³/mol. The van der Waals surface area contributed by atoms with Crippen molar-refractivity contribution in [1.82, 2.24) is 5.32 Å². The van der Waals surface area contributed by atoms with E-state index in [2.05, 4.69) is 31.3 Å². The first-order valence-electron chi connectivity index (χ1n) is 5.05. The Morgan fingerprint density at radius 2 is 2.43 bits per heavy atom. The first-order chi connectivity index (χ1) is 6.63. The molecule has 0 spiro atoms. The Labute approximate surface area is 89.0 Å². The molecule has 14 heavy (non-hydrogen) atoms. The lowest BCUT2D eigenvalue weighted by molar-refractivity contribution is 0.191. The van der Waals surface area contributed by atoms with Gasteiger partial charge in [0.2, 0.25) is 0 Å².